The molecule has 1 heterocycles. The molecule has 0 radical (unpaired) electrons. The molecule has 1 N–H and O–H groups in total. The monoisotopic (exact) mass is 188 g/mol. The first-order valence-electron chi connectivity index (χ1n) is 4.49. The van der Waals surface area contributed by atoms with Crippen molar-refractivity contribution in [1.82, 2.24) is 10.5 Å². The summed E-state index contributed by atoms with van der Waals surface area (Å²) in [6, 6.07) is 8.17. The summed E-state index contributed by atoms with van der Waals surface area (Å²) in [5, 5.41) is 2.37. The highest BCUT2D eigenvalue weighted by Gasteiger charge is 1.98. The zero-order valence-electron chi connectivity index (χ0n) is 8.03. The molecule has 72 valence electrons. The van der Waals surface area contributed by atoms with Crippen LogP contribution in [0, 0.1) is 0 Å². The summed E-state index contributed by atoms with van der Waals surface area (Å²) < 4.78 is 0. The third kappa shape index (κ3) is 1.73. The molecule has 2 rings (SSSR count). The fourth-order valence-corrected chi connectivity index (χ4v) is 1.49. The summed E-state index contributed by atoms with van der Waals surface area (Å²) >= 11 is 0. The lowest BCUT2D eigenvalue weighted by atomic mass is 10.1. The van der Waals surface area contributed by atoms with Crippen molar-refractivity contribution in [3.8, 4) is 0 Å². The summed E-state index contributed by atoms with van der Waals surface area (Å²) in [5.41, 5.74) is 4.05. The number of fused-ring (bicyclic) bond motifs is 1. The quantitative estimate of drug-likeness (QED) is 0.747. The number of hydrogen-bond acceptors (Lipinski definition) is 3. The van der Waals surface area contributed by atoms with Crippen LogP contribution in [0.25, 0.3) is 10.8 Å². The van der Waals surface area contributed by atoms with Gasteiger partial charge in [0.05, 0.1) is 7.11 Å². The molecule has 0 aliphatic carbocycles. The van der Waals surface area contributed by atoms with Crippen LogP contribution in [0.5, 0.6) is 0 Å². The summed E-state index contributed by atoms with van der Waals surface area (Å²) in [6.07, 6.45) is 3.67. The second-order valence-corrected chi connectivity index (χ2v) is 3.04. The Morgan fingerprint density at radius 1 is 1.36 bits per heavy atom. The second kappa shape index (κ2) is 4.17. The van der Waals surface area contributed by atoms with Crippen LogP contribution in [-0.2, 0) is 11.4 Å². The first kappa shape index (κ1) is 9.12. The molecule has 0 saturated heterocycles. The van der Waals surface area contributed by atoms with E-state index in [4.69, 9.17) is 4.84 Å². The van der Waals surface area contributed by atoms with E-state index in [1.165, 1.54) is 10.9 Å². The van der Waals surface area contributed by atoms with Crippen molar-refractivity contribution in [3.05, 3.63) is 42.2 Å². The maximum atomic E-state index is 4.83. The summed E-state index contributed by atoms with van der Waals surface area (Å²) in [6.45, 7) is 0.706. The second-order valence-electron chi connectivity index (χ2n) is 3.04. The zero-order chi connectivity index (χ0) is 9.80. The van der Waals surface area contributed by atoms with Gasteiger partial charge in [-0.1, -0.05) is 18.2 Å². The Kier molecular flexibility index (Phi) is 2.72. The Balaban J connectivity index is 2.43. The molecule has 14 heavy (non-hydrogen) atoms. The molecule has 0 amide bonds. The topological polar surface area (TPSA) is 34.1 Å². The minimum atomic E-state index is 0.706. The predicted molar refractivity (Wildman–Crippen MR) is 55.6 cm³/mol. The first-order valence-corrected chi connectivity index (χ1v) is 4.49. The molecule has 0 spiro atoms. The van der Waals surface area contributed by atoms with Crippen LogP contribution in [0.3, 0.4) is 0 Å². The van der Waals surface area contributed by atoms with Gasteiger partial charge in [0.25, 0.3) is 0 Å². The number of pyridine rings is 1. The third-order valence-electron chi connectivity index (χ3n) is 2.18. The fraction of sp³-hybridized carbons (Fsp3) is 0.182. The van der Waals surface area contributed by atoms with Crippen LogP contribution >= 0.6 is 0 Å². The van der Waals surface area contributed by atoms with E-state index in [0.717, 1.165) is 5.39 Å². The molecule has 0 fully saturated rings. The van der Waals surface area contributed by atoms with E-state index in [-0.39, 0.29) is 0 Å². The number of hydrogen-bond donors (Lipinski definition) is 1. The minimum absolute atomic E-state index is 0.706. The lowest BCUT2D eigenvalue weighted by molar-refractivity contribution is 0.0870. The van der Waals surface area contributed by atoms with Crippen molar-refractivity contribution in [1.29, 1.82) is 0 Å². The normalized spacial score (nSPS) is 10.6. The third-order valence-corrected chi connectivity index (χ3v) is 2.18. The smallest absolute Gasteiger partial charge is 0.0572 e. The van der Waals surface area contributed by atoms with E-state index in [1.807, 2.05) is 18.3 Å². The van der Waals surface area contributed by atoms with Crippen molar-refractivity contribution in [2.24, 2.45) is 0 Å². The van der Waals surface area contributed by atoms with Crippen LogP contribution in [0.1, 0.15) is 5.56 Å². The van der Waals surface area contributed by atoms with E-state index >= 15 is 0 Å². The molecule has 0 aliphatic heterocycles. The van der Waals surface area contributed by atoms with Crippen LogP contribution < -0.4 is 5.48 Å². The van der Waals surface area contributed by atoms with Gasteiger partial charge in [0.2, 0.25) is 0 Å². The van der Waals surface area contributed by atoms with E-state index in [2.05, 4.69) is 22.6 Å². The Labute approximate surface area is 82.7 Å². The first-order chi connectivity index (χ1) is 6.92. The van der Waals surface area contributed by atoms with Crippen LogP contribution in [0.2, 0.25) is 0 Å². The van der Waals surface area contributed by atoms with Crippen LogP contribution in [0.15, 0.2) is 36.7 Å². The molecular weight excluding hydrogens is 176 g/mol. The van der Waals surface area contributed by atoms with E-state index in [0.29, 0.717) is 6.54 Å². The molecule has 0 bridgehead atoms. The van der Waals surface area contributed by atoms with Gasteiger partial charge in [0, 0.05) is 24.3 Å². The number of nitrogens with zero attached hydrogens (tertiary/aromatic N) is 1. The average molecular weight is 188 g/mol. The minimum Gasteiger partial charge on any atom is -0.305 e. The van der Waals surface area contributed by atoms with Crippen molar-refractivity contribution in [3.63, 3.8) is 0 Å². The van der Waals surface area contributed by atoms with E-state index in [9.17, 15) is 0 Å². The number of rotatable bonds is 3. The molecule has 1 aromatic heterocycles. The van der Waals surface area contributed by atoms with Gasteiger partial charge in [0.15, 0.2) is 0 Å². The Hall–Kier alpha value is -1.45. The Morgan fingerprint density at radius 3 is 3.14 bits per heavy atom. The van der Waals surface area contributed by atoms with Gasteiger partial charge >= 0.3 is 0 Å². The van der Waals surface area contributed by atoms with Gasteiger partial charge in [-0.3, -0.25) is 4.98 Å². The van der Waals surface area contributed by atoms with Gasteiger partial charge < -0.3 is 4.84 Å². The molecule has 2 aromatic rings. The standard InChI is InChI=1S/C11H12N2O/c1-14-13-8-10-4-2-3-9-7-12-6-5-11(9)10/h2-7,13H,8H2,1H3. The molecule has 0 aliphatic rings. The lowest BCUT2D eigenvalue weighted by Crippen LogP contribution is -2.10. The van der Waals surface area contributed by atoms with Crippen LogP contribution in [-0.4, -0.2) is 12.1 Å². The molecular formula is C11H12N2O. The summed E-state index contributed by atoms with van der Waals surface area (Å²) in [5.74, 6) is 0. The summed E-state index contributed by atoms with van der Waals surface area (Å²) in [7, 11) is 1.62. The van der Waals surface area contributed by atoms with Crippen LogP contribution in [0.4, 0.5) is 0 Å². The van der Waals surface area contributed by atoms with Gasteiger partial charge in [-0.25, -0.2) is 0 Å². The summed E-state index contributed by atoms with van der Waals surface area (Å²) in [4.78, 5) is 8.91. The molecule has 0 saturated carbocycles. The maximum absolute atomic E-state index is 4.83. The molecule has 0 unspecified atom stereocenters. The highest BCUT2D eigenvalue weighted by atomic mass is 16.6. The Bertz CT molecular complexity index is 423. The number of hydroxylamine groups is 1. The molecule has 1 aromatic carbocycles. The van der Waals surface area contributed by atoms with Gasteiger partial charge in [0.1, 0.15) is 0 Å². The lowest BCUT2D eigenvalue weighted by Gasteiger charge is -2.05. The largest absolute Gasteiger partial charge is 0.305 e. The van der Waals surface area contributed by atoms with Crippen molar-refractivity contribution in [2.75, 3.05) is 7.11 Å². The van der Waals surface area contributed by atoms with Gasteiger partial charge in [-0.15, -0.1) is 0 Å². The van der Waals surface area contributed by atoms with Gasteiger partial charge in [-0.2, -0.15) is 5.48 Å². The van der Waals surface area contributed by atoms with E-state index in [1.54, 1.807) is 13.3 Å². The van der Waals surface area contributed by atoms with Crippen molar-refractivity contribution >= 4 is 10.8 Å². The number of benzene rings is 1. The molecule has 3 nitrogen and oxygen atoms in total. The van der Waals surface area contributed by atoms with Gasteiger partial charge in [-0.05, 0) is 17.0 Å². The zero-order valence-corrected chi connectivity index (χ0v) is 8.03. The highest BCUT2D eigenvalue weighted by Crippen LogP contribution is 2.16. The van der Waals surface area contributed by atoms with Crippen molar-refractivity contribution < 1.29 is 4.84 Å². The fourth-order valence-electron chi connectivity index (χ4n) is 1.49. The molecule has 0 atom stereocenters. The van der Waals surface area contributed by atoms with E-state index < -0.39 is 0 Å². The Morgan fingerprint density at radius 2 is 2.29 bits per heavy atom. The maximum Gasteiger partial charge on any atom is 0.0572 e. The number of nitrogens with one attached hydrogen (secondary N) is 1. The van der Waals surface area contributed by atoms with Crippen molar-refractivity contribution in [2.45, 2.75) is 6.54 Å². The average Bonchev–Trinajstić information content (AvgIpc) is 2.26. The predicted octanol–water partition coefficient (Wildman–Crippen LogP) is 1.89. The molecule has 3 heteroatoms. The highest BCUT2D eigenvalue weighted by molar-refractivity contribution is 5.84. The SMILES string of the molecule is CONCc1cccc2cnccc12. The number of aromatic nitrogens is 1.